The Kier molecular flexibility index (Phi) is 3.63. The first-order valence-corrected chi connectivity index (χ1v) is 7.83. The van der Waals surface area contributed by atoms with E-state index in [2.05, 4.69) is 4.72 Å². The lowest BCUT2D eigenvalue weighted by molar-refractivity contribution is 0.318. The van der Waals surface area contributed by atoms with Gasteiger partial charge >= 0.3 is 0 Å². The molecule has 0 radical (unpaired) electrons. The molecule has 0 fully saturated rings. The van der Waals surface area contributed by atoms with Crippen LogP contribution < -0.4 is 4.72 Å². The van der Waals surface area contributed by atoms with Crippen molar-refractivity contribution in [2.24, 2.45) is 0 Å². The van der Waals surface area contributed by atoms with Crippen LogP contribution in [0, 0.1) is 0 Å². The summed E-state index contributed by atoms with van der Waals surface area (Å²) in [5, 5.41) is 10.7. The maximum Gasteiger partial charge on any atom is 0.214 e. The summed E-state index contributed by atoms with van der Waals surface area (Å²) in [4.78, 5) is 1.28. The largest absolute Gasteiger partial charge is 0.395 e. The Bertz CT molecular complexity index is 452. The molecule has 16 heavy (non-hydrogen) atoms. The third-order valence-electron chi connectivity index (χ3n) is 2.73. The smallest absolute Gasteiger partial charge is 0.214 e. The Balaban J connectivity index is 2.14. The lowest BCUT2D eigenvalue weighted by Crippen LogP contribution is -2.33. The molecule has 1 unspecified atom stereocenters. The van der Waals surface area contributed by atoms with E-state index >= 15 is 0 Å². The number of thiophene rings is 1. The third-order valence-corrected chi connectivity index (χ3v) is 5.09. The molecule has 0 amide bonds. The van der Waals surface area contributed by atoms with Crippen LogP contribution in [-0.2, 0) is 16.4 Å². The molecule has 6 heteroatoms. The second-order valence-corrected chi connectivity index (χ2v) is 6.78. The lowest BCUT2D eigenvalue weighted by Gasteiger charge is -2.23. The zero-order chi connectivity index (χ0) is 11.6. The van der Waals surface area contributed by atoms with Crippen molar-refractivity contribution in [1.29, 1.82) is 0 Å². The van der Waals surface area contributed by atoms with E-state index in [1.165, 1.54) is 4.88 Å². The van der Waals surface area contributed by atoms with Gasteiger partial charge in [0.05, 0.1) is 12.4 Å². The summed E-state index contributed by atoms with van der Waals surface area (Å²) in [6, 6.07) is 1.89. The number of hydrogen-bond donors (Lipinski definition) is 2. The zero-order valence-electron chi connectivity index (χ0n) is 8.85. The molecule has 1 aromatic rings. The van der Waals surface area contributed by atoms with E-state index in [-0.39, 0.29) is 18.4 Å². The Morgan fingerprint density at radius 2 is 2.38 bits per heavy atom. The van der Waals surface area contributed by atoms with Crippen LogP contribution >= 0.6 is 11.3 Å². The molecule has 2 N–H and O–H groups in total. The monoisotopic (exact) mass is 261 g/mol. The molecule has 0 saturated heterocycles. The summed E-state index contributed by atoms with van der Waals surface area (Å²) in [6.45, 7) is -0.335. The average Bonchev–Trinajstić information content (AvgIpc) is 2.65. The van der Waals surface area contributed by atoms with Crippen LogP contribution in [-0.4, -0.2) is 25.9 Å². The van der Waals surface area contributed by atoms with Crippen molar-refractivity contribution in [3.8, 4) is 0 Å². The van der Waals surface area contributed by atoms with Crippen LogP contribution in [0.3, 0.4) is 0 Å². The van der Waals surface area contributed by atoms with Crippen molar-refractivity contribution >= 4 is 21.4 Å². The van der Waals surface area contributed by atoms with Gasteiger partial charge in [0.15, 0.2) is 0 Å². The first-order chi connectivity index (χ1) is 7.62. The third kappa shape index (κ3) is 2.63. The van der Waals surface area contributed by atoms with Gasteiger partial charge in [0, 0.05) is 10.9 Å². The highest BCUT2D eigenvalue weighted by Crippen LogP contribution is 2.33. The molecular formula is C10H15NO3S2. The summed E-state index contributed by atoms with van der Waals surface area (Å²) in [7, 11) is -3.35. The van der Waals surface area contributed by atoms with Crippen molar-refractivity contribution in [3.05, 3.63) is 21.9 Å². The molecule has 90 valence electrons. The second kappa shape index (κ2) is 4.83. The first kappa shape index (κ1) is 12.0. The van der Waals surface area contributed by atoms with E-state index in [4.69, 9.17) is 5.11 Å². The molecular weight excluding hydrogens is 246 g/mol. The molecule has 2 rings (SSSR count). The highest BCUT2D eigenvalue weighted by molar-refractivity contribution is 7.89. The zero-order valence-corrected chi connectivity index (χ0v) is 10.5. The van der Waals surface area contributed by atoms with Gasteiger partial charge in [-0.3, -0.25) is 0 Å². The molecule has 0 aromatic carbocycles. The van der Waals surface area contributed by atoms with Crippen LogP contribution in [0.5, 0.6) is 0 Å². The molecule has 1 aromatic heterocycles. The highest BCUT2D eigenvalue weighted by atomic mass is 32.2. The van der Waals surface area contributed by atoms with Crippen molar-refractivity contribution < 1.29 is 13.5 Å². The maximum atomic E-state index is 11.6. The van der Waals surface area contributed by atoms with Crippen LogP contribution in [0.2, 0.25) is 0 Å². The number of fused-ring (bicyclic) bond motifs is 1. The van der Waals surface area contributed by atoms with Crippen LogP contribution in [0.25, 0.3) is 0 Å². The van der Waals surface area contributed by atoms with Crippen molar-refractivity contribution in [2.45, 2.75) is 25.3 Å². The highest BCUT2D eigenvalue weighted by Gasteiger charge is 2.24. The Labute approximate surface area is 99.4 Å². The first-order valence-electron chi connectivity index (χ1n) is 5.29. The van der Waals surface area contributed by atoms with Crippen LogP contribution in [0.4, 0.5) is 0 Å². The maximum absolute atomic E-state index is 11.6. The standard InChI is InChI=1S/C10H15NO3S2/c12-5-7-16(13,14)11-9-2-1-3-10-8(9)4-6-15-10/h4,6,9,11-12H,1-3,5,7H2. The van der Waals surface area contributed by atoms with Crippen LogP contribution in [0.1, 0.15) is 29.3 Å². The van der Waals surface area contributed by atoms with Gasteiger partial charge in [0.2, 0.25) is 10.0 Å². The van der Waals surface area contributed by atoms with Gasteiger partial charge in [0.1, 0.15) is 0 Å². The molecule has 0 bridgehead atoms. The lowest BCUT2D eigenvalue weighted by atomic mass is 9.95. The molecule has 1 aliphatic carbocycles. The minimum Gasteiger partial charge on any atom is -0.395 e. The van der Waals surface area contributed by atoms with Crippen molar-refractivity contribution in [3.63, 3.8) is 0 Å². The number of rotatable bonds is 4. The normalized spacial score (nSPS) is 20.7. The number of nitrogens with one attached hydrogen (secondary N) is 1. The predicted octanol–water partition coefficient (Wildman–Crippen LogP) is 1.04. The van der Waals surface area contributed by atoms with Gasteiger partial charge in [-0.1, -0.05) is 0 Å². The summed E-state index contributed by atoms with van der Waals surface area (Å²) >= 11 is 1.68. The van der Waals surface area contributed by atoms with Gasteiger partial charge in [-0.25, -0.2) is 13.1 Å². The van der Waals surface area contributed by atoms with E-state index in [0.29, 0.717) is 0 Å². The Morgan fingerprint density at radius 1 is 1.56 bits per heavy atom. The molecule has 0 aliphatic heterocycles. The summed E-state index contributed by atoms with van der Waals surface area (Å²) in [5.74, 6) is -0.219. The van der Waals surface area contributed by atoms with Gasteiger partial charge in [-0.05, 0) is 36.3 Å². The molecule has 0 spiro atoms. The second-order valence-electron chi connectivity index (χ2n) is 3.90. The number of aliphatic hydroxyl groups excluding tert-OH is 1. The van der Waals surface area contributed by atoms with Gasteiger partial charge in [0.25, 0.3) is 0 Å². The predicted molar refractivity (Wildman–Crippen MR) is 64.0 cm³/mol. The molecule has 1 heterocycles. The molecule has 1 aliphatic rings. The molecule has 0 saturated carbocycles. The molecule has 4 nitrogen and oxygen atoms in total. The Hall–Kier alpha value is -0.430. The number of aliphatic hydroxyl groups is 1. The van der Waals surface area contributed by atoms with Gasteiger partial charge in [-0.2, -0.15) is 0 Å². The number of sulfonamides is 1. The van der Waals surface area contributed by atoms with E-state index < -0.39 is 10.0 Å². The van der Waals surface area contributed by atoms with Gasteiger partial charge in [-0.15, -0.1) is 11.3 Å². The van der Waals surface area contributed by atoms with E-state index in [9.17, 15) is 8.42 Å². The number of aryl methyl sites for hydroxylation is 1. The van der Waals surface area contributed by atoms with E-state index in [1.807, 2.05) is 11.4 Å². The summed E-state index contributed by atoms with van der Waals surface area (Å²) < 4.78 is 25.8. The SMILES string of the molecule is O=S(=O)(CCO)NC1CCCc2sccc21. The minimum atomic E-state index is -3.35. The topological polar surface area (TPSA) is 66.4 Å². The van der Waals surface area contributed by atoms with E-state index in [1.54, 1.807) is 11.3 Å². The quantitative estimate of drug-likeness (QED) is 0.851. The fourth-order valence-electron chi connectivity index (χ4n) is 2.00. The molecule has 1 atom stereocenters. The fourth-order valence-corrected chi connectivity index (χ4v) is 4.03. The average molecular weight is 261 g/mol. The van der Waals surface area contributed by atoms with Crippen LogP contribution in [0.15, 0.2) is 11.4 Å². The van der Waals surface area contributed by atoms with Crippen molar-refractivity contribution in [1.82, 2.24) is 4.72 Å². The Morgan fingerprint density at radius 3 is 3.12 bits per heavy atom. The van der Waals surface area contributed by atoms with E-state index in [0.717, 1.165) is 24.8 Å². The minimum absolute atomic E-state index is 0.105. The summed E-state index contributed by atoms with van der Waals surface area (Å²) in [6.07, 6.45) is 2.90. The van der Waals surface area contributed by atoms with Gasteiger partial charge < -0.3 is 5.11 Å². The van der Waals surface area contributed by atoms with Crippen molar-refractivity contribution in [2.75, 3.05) is 12.4 Å². The summed E-state index contributed by atoms with van der Waals surface area (Å²) in [5.41, 5.74) is 1.11. The number of hydrogen-bond acceptors (Lipinski definition) is 4. The fraction of sp³-hybridized carbons (Fsp3) is 0.600.